The molecule has 11 heteroatoms. The van der Waals surface area contributed by atoms with Gasteiger partial charge in [0.1, 0.15) is 11.6 Å². The number of carbonyl (C=O) groups is 2. The van der Waals surface area contributed by atoms with Gasteiger partial charge in [-0.05, 0) is 56.4 Å². The lowest BCUT2D eigenvalue weighted by molar-refractivity contribution is 0.101. The molecular formula is C20H17ClFN3O5S. The van der Waals surface area contributed by atoms with Gasteiger partial charge in [0.25, 0.3) is 11.8 Å². The van der Waals surface area contributed by atoms with Crippen molar-refractivity contribution in [1.29, 1.82) is 0 Å². The summed E-state index contributed by atoms with van der Waals surface area (Å²) in [6.45, 7) is 1.59. The van der Waals surface area contributed by atoms with E-state index >= 15 is 0 Å². The van der Waals surface area contributed by atoms with Crippen LogP contribution < -0.4 is 15.4 Å². The highest BCUT2D eigenvalue weighted by atomic mass is 35.5. The highest BCUT2D eigenvalue weighted by Crippen LogP contribution is 2.24. The Morgan fingerprint density at radius 1 is 1.00 bits per heavy atom. The van der Waals surface area contributed by atoms with Crippen LogP contribution in [-0.4, -0.2) is 27.3 Å². The van der Waals surface area contributed by atoms with Crippen molar-refractivity contribution in [2.24, 2.45) is 0 Å². The van der Waals surface area contributed by atoms with Crippen LogP contribution in [0, 0.1) is 12.7 Å². The van der Waals surface area contributed by atoms with E-state index in [2.05, 4.69) is 15.4 Å². The number of hydrogen-bond donors (Lipinski definition) is 3. The summed E-state index contributed by atoms with van der Waals surface area (Å²) in [5.41, 5.74) is 0.134. The summed E-state index contributed by atoms with van der Waals surface area (Å²) in [7, 11) is -2.55. The number of aryl methyl sites for hydroxylation is 1. The molecule has 0 aliphatic carbocycles. The molecule has 0 unspecified atom stereocenters. The maximum atomic E-state index is 14.2. The lowest BCUT2D eigenvalue weighted by Crippen LogP contribution is -2.20. The van der Waals surface area contributed by atoms with Crippen LogP contribution in [0.4, 0.5) is 15.8 Å². The van der Waals surface area contributed by atoms with Gasteiger partial charge in [0, 0.05) is 5.69 Å². The van der Waals surface area contributed by atoms with Crippen LogP contribution >= 0.6 is 11.6 Å². The molecule has 0 bridgehead atoms. The molecule has 3 rings (SSSR count). The first-order chi connectivity index (χ1) is 14.6. The molecule has 0 aliphatic rings. The van der Waals surface area contributed by atoms with Gasteiger partial charge < -0.3 is 15.1 Å². The molecule has 0 saturated carbocycles. The van der Waals surface area contributed by atoms with Gasteiger partial charge in [-0.25, -0.2) is 17.5 Å². The molecule has 0 atom stereocenters. The molecule has 0 spiro atoms. The molecule has 2 amide bonds. The Bertz CT molecular complexity index is 1270. The van der Waals surface area contributed by atoms with Crippen molar-refractivity contribution in [1.82, 2.24) is 4.72 Å². The Morgan fingerprint density at radius 2 is 1.71 bits per heavy atom. The number of carbonyl (C=O) groups excluding carboxylic acids is 2. The molecule has 0 saturated heterocycles. The monoisotopic (exact) mass is 465 g/mol. The number of anilines is 2. The summed E-state index contributed by atoms with van der Waals surface area (Å²) in [6, 6.07) is 8.69. The molecule has 8 nitrogen and oxygen atoms in total. The van der Waals surface area contributed by atoms with Crippen LogP contribution in [0.1, 0.15) is 26.5 Å². The summed E-state index contributed by atoms with van der Waals surface area (Å²) >= 11 is 6.05. The van der Waals surface area contributed by atoms with E-state index in [0.29, 0.717) is 5.76 Å². The Kier molecular flexibility index (Phi) is 6.44. The van der Waals surface area contributed by atoms with Crippen molar-refractivity contribution in [3.05, 3.63) is 76.5 Å². The van der Waals surface area contributed by atoms with Gasteiger partial charge in [-0.15, -0.1) is 0 Å². The fraction of sp³-hybridized carbons (Fsp3) is 0.100. The number of benzene rings is 2. The van der Waals surface area contributed by atoms with Crippen LogP contribution in [-0.2, 0) is 10.0 Å². The second kappa shape index (κ2) is 8.88. The van der Waals surface area contributed by atoms with Crippen molar-refractivity contribution < 1.29 is 26.8 Å². The number of furan rings is 1. The zero-order valence-electron chi connectivity index (χ0n) is 16.3. The fourth-order valence-electron chi connectivity index (χ4n) is 2.67. The highest BCUT2D eigenvalue weighted by Gasteiger charge is 2.19. The quantitative estimate of drug-likeness (QED) is 0.512. The Hall–Kier alpha value is -3.21. The van der Waals surface area contributed by atoms with Crippen LogP contribution in [0.2, 0.25) is 5.02 Å². The van der Waals surface area contributed by atoms with E-state index < -0.39 is 27.7 Å². The molecule has 2 aromatic carbocycles. The number of halogens is 2. The number of hydrogen-bond acceptors (Lipinski definition) is 5. The standard InChI is InChI=1S/C20H17ClFN3O5S/c1-11-14(7-8-30-11)19(26)25-18-9-12(3-6-17(18)22)24-20(27)15-10-13(4-5-16(15)21)31(28,29)23-2/h3-10,23H,1-2H3,(H,24,27)(H,25,26). The summed E-state index contributed by atoms with van der Waals surface area (Å²) in [4.78, 5) is 24.8. The maximum absolute atomic E-state index is 14.2. The molecule has 31 heavy (non-hydrogen) atoms. The van der Waals surface area contributed by atoms with Crippen molar-refractivity contribution in [3.8, 4) is 0 Å². The Balaban J connectivity index is 1.84. The zero-order chi connectivity index (χ0) is 22.8. The Labute approximate surface area is 182 Å². The van der Waals surface area contributed by atoms with Crippen LogP contribution in [0.15, 0.2) is 58.0 Å². The third-order valence-corrected chi connectivity index (χ3v) is 6.08. The number of nitrogens with one attached hydrogen (secondary N) is 3. The van der Waals surface area contributed by atoms with Crippen molar-refractivity contribution in [2.45, 2.75) is 11.8 Å². The summed E-state index contributed by atoms with van der Waals surface area (Å²) in [5, 5.41) is 4.95. The number of sulfonamides is 1. The smallest absolute Gasteiger partial charge is 0.259 e. The van der Waals surface area contributed by atoms with Gasteiger partial charge in [-0.1, -0.05) is 11.6 Å². The van der Waals surface area contributed by atoms with Gasteiger partial charge in [0.15, 0.2) is 0 Å². The topological polar surface area (TPSA) is 118 Å². The van der Waals surface area contributed by atoms with Gasteiger partial charge >= 0.3 is 0 Å². The van der Waals surface area contributed by atoms with Crippen LogP contribution in [0.3, 0.4) is 0 Å². The fourth-order valence-corrected chi connectivity index (χ4v) is 3.63. The predicted octanol–water partition coefficient (Wildman–Crippen LogP) is 3.79. The largest absolute Gasteiger partial charge is 0.469 e. The molecule has 162 valence electrons. The third kappa shape index (κ3) is 4.93. The number of amides is 2. The first kappa shape index (κ1) is 22.5. The van der Waals surface area contributed by atoms with Gasteiger partial charge in [0.2, 0.25) is 10.0 Å². The van der Waals surface area contributed by atoms with E-state index in [0.717, 1.165) is 12.1 Å². The molecule has 3 N–H and O–H groups in total. The van der Waals surface area contributed by atoms with E-state index in [1.807, 2.05) is 0 Å². The first-order valence-corrected chi connectivity index (χ1v) is 10.7. The molecule has 0 fully saturated rings. The third-order valence-electron chi connectivity index (χ3n) is 4.34. The zero-order valence-corrected chi connectivity index (χ0v) is 17.9. The second-order valence-corrected chi connectivity index (χ2v) is 8.64. The Morgan fingerprint density at radius 3 is 2.35 bits per heavy atom. The lowest BCUT2D eigenvalue weighted by atomic mass is 10.2. The minimum atomic E-state index is -3.79. The van der Waals surface area contributed by atoms with Gasteiger partial charge in [0.05, 0.1) is 33.0 Å². The summed E-state index contributed by atoms with van der Waals surface area (Å²) < 4.78 is 45.3. The normalized spacial score (nSPS) is 11.2. The van der Waals surface area contributed by atoms with E-state index in [4.69, 9.17) is 16.0 Å². The van der Waals surface area contributed by atoms with E-state index in [1.54, 1.807) is 6.92 Å². The van der Waals surface area contributed by atoms with E-state index in [1.165, 1.54) is 43.6 Å². The molecule has 0 radical (unpaired) electrons. The molecule has 1 heterocycles. The molecule has 3 aromatic rings. The average Bonchev–Trinajstić information content (AvgIpc) is 3.16. The first-order valence-electron chi connectivity index (χ1n) is 8.82. The minimum absolute atomic E-state index is 0.0265. The SMILES string of the molecule is CNS(=O)(=O)c1ccc(Cl)c(C(=O)Nc2ccc(F)c(NC(=O)c3ccoc3C)c2)c1. The van der Waals surface area contributed by atoms with Crippen molar-refractivity contribution in [2.75, 3.05) is 17.7 Å². The molecule has 0 aliphatic heterocycles. The summed E-state index contributed by atoms with van der Waals surface area (Å²) in [5.74, 6) is -1.64. The van der Waals surface area contributed by atoms with Gasteiger partial charge in [-0.3, -0.25) is 9.59 Å². The van der Waals surface area contributed by atoms with E-state index in [9.17, 15) is 22.4 Å². The minimum Gasteiger partial charge on any atom is -0.469 e. The predicted molar refractivity (Wildman–Crippen MR) is 113 cm³/mol. The lowest BCUT2D eigenvalue weighted by Gasteiger charge is -2.11. The summed E-state index contributed by atoms with van der Waals surface area (Å²) in [6.07, 6.45) is 1.34. The molecular weight excluding hydrogens is 449 g/mol. The van der Waals surface area contributed by atoms with Crippen molar-refractivity contribution in [3.63, 3.8) is 0 Å². The van der Waals surface area contributed by atoms with E-state index in [-0.39, 0.29) is 32.4 Å². The molecule has 1 aromatic heterocycles. The van der Waals surface area contributed by atoms with Crippen LogP contribution in [0.5, 0.6) is 0 Å². The van der Waals surface area contributed by atoms with Crippen LogP contribution in [0.25, 0.3) is 0 Å². The maximum Gasteiger partial charge on any atom is 0.259 e. The highest BCUT2D eigenvalue weighted by molar-refractivity contribution is 7.89. The average molecular weight is 466 g/mol. The van der Waals surface area contributed by atoms with Crippen molar-refractivity contribution >= 4 is 44.8 Å². The number of rotatable bonds is 6. The van der Waals surface area contributed by atoms with Gasteiger partial charge in [-0.2, -0.15) is 0 Å². The second-order valence-electron chi connectivity index (χ2n) is 6.34.